The molecule has 0 radical (unpaired) electrons. The number of rotatable bonds is 5. The summed E-state index contributed by atoms with van der Waals surface area (Å²) < 4.78 is 0. The lowest BCUT2D eigenvalue weighted by Gasteiger charge is -2.21. The molecule has 0 spiro atoms. The minimum Gasteiger partial charge on any atom is -0.508 e. The molecule has 0 fully saturated rings. The van der Waals surface area contributed by atoms with Gasteiger partial charge in [0.15, 0.2) is 0 Å². The molecule has 0 aliphatic rings. The number of phenols is 1. The predicted molar refractivity (Wildman–Crippen MR) is 93.3 cm³/mol. The van der Waals surface area contributed by atoms with E-state index in [4.69, 9.17) is 0 Å². The minimum absolute atomic E-state index is 0.0917. The molecule has 118 valence electrons. The van der Waals surface area contributed by atoms with Crippen molar-refractivity contribution in [2.24, 2.45) is 0 Å². The van der Waals surface area contributed by atoms with E-state index in [1.807, 2.05) is 19.1 Å². The van der Waals surface area contributed by atoms with Gasteiger partial charge >= 0.3 is 0 Å². The van der Waals surface area contributed by atoms with Crippen LogP contribution in [0, 0.1) is 0 Å². The molecule has 3 aromatic rings. The Labute approximate surface area is 136 Å². The summed E-state index contributed by atoms with van der Waals surface area (Å²) in [6.07, 6.45) is -0.615. The summed E-state index contributed by atoms with van der Waals surface area (Å²) >= 11 is 0. The highest BCUT2D eigenvalue weighted by molar-refractivity contribution is 5.82. The van der Waals surface area contributed by atoms with Crippen molar-refractivity contribution in [2.75, 3.05) is 0 Å². The van der Waals surface area contributed by atoms with Crippen LogP contribution in [0.1, 0.15) is 24.2 Å². The average Bonchev–Trinajstić information content (AvgIpc) is 2.59. The summed E-state index contributed by atoms with van der Waals surface area (Å²) in [5, 5.41) is 25.5. The van der Waals surface area contributed by atoms with Crippen molar-refractivity contribution in [3.05, 3.63) is 77.9 Å². The second-order valence-corrected chi connectivity index (χ2v) is 5.89. The van der Waals surface area contributed by atoms with E-state index in [0.29, 0.717) is 6.54 Å². The van der Waals surface area contributed by atoms with Gasteiger partial charge < -0.3 is 15.5 Å². The number of phenolic OH excluding ortho intramolecular Hbond substituents is 1. The zero-order valence-corrected chi connectivity index (χ0v) is 13.1. The van der Waals surface area contributed by atoms with Crippen LogP contribution in [0.2, 0.25) is 0 Å². The molecule has 3 nitrogen and oxygen atoms in total. The summed E-state index contributed by atoms with van der Waals surface area (Å²) in [5.41, 5.74) is 1.98. The molecule has 2 unspecified atom stereocenters. The highest BCUT2D eigenvalue weighted by Crippen LogP contribution is 2.20. The standard InChI is InChI=1S/C20H21NO2/c1-14(20(23)17-8-10-19(22)11-9-17)21-13-15-6-7-16-4-2-3-5-18(16)12-15/h2-12,14,20-23H,13H2,1H3. The molecule has 0 bridgehead atoms. The summed E-state index contributed by atoms with van der Waals surface area (Å²) in [6.45, 7) is 2.65. The molecule has 0 aliphatic carbocycles. The first kappa shape index (κ1) is 15.5. The van der Waals surface area contributed by atoms with E-state index in [0.717, 1.165) is 5.56 Å². The fourth-order valence-corrected chi connectivity index (χ4v) is 2.70. The van der Waals surface area contributed by atoms with E-state index >= 15 is 0 Å². The van der Waals surface area contributed by atoms with Gasteiger partial charge in [-0.3, -0.25) is 0 Å². The van der Waals surface area contributed by atoms with Crippen LogP contribution in [-0.4, -0.2) is 16.3 Å². The van der Waals surface area contributed by atoms with Gasteiger partial charge in [0.05, 0.1) is 6.10 Å². The Morgan fingerprint density at radius 3 is 2.35 bits per heavy atom. The summed E-state index contributed by atoms with van der Waals surface area (Å²) in [5.74, 6) is 0.206. The van der Waals surface area contributed by atoms with E-state index in [9.17, 15) is 10.2 Å². The van der Waals surface area contributed by atoms with E-state index in [1.165, 1.54) is 16.3 Å². The van der Waals surface area contributed by atoms with Gasteiger partial charge in [0.2, 0.25) is 0 Å². The summed E-state index contributed by atoms with van der Waals surface area (Å²) in [6, 6.07) is 21.3. The first-order chi connectivity index (χ1) is 11.1. The number of benzene rings is 3. The maximum absolute atomic E-state index is 10.4. The van der Waals surface area contributed by atoms with Gasteiger partial charge in [0.25, 0.3) is 0 Å². The van der Waals surface area contributed by atoms with Crippen LogP contribution in [0.4, 0.5) is 0 Å². The molecule has 0 saturated carbocycles. The van der Waals surface area contributed by atoms with E-state index in [2.05, 4.69) is 35.6 Å². The molecule has 0 saturated heterocycles. The van der Waals surface area contributed by atoms with Gasteiger partial charge in [-0.1, -0.05) is 48.5 Å². The number of fused-ring (bicyclic) bond motifs is 1. The lowest BCUT2D eigenvalue weighted by Crippen LogP contribution is -2.31. The predicted octanol–water partition coefficient (Wildman–Crippen LogP) is 3.76. The molecular formula is C20H21NO2. The zero-order valence-electron chi connectivity index (χ0n) is 13.1. The first-order valence-corrected chi connectivity index (χ1v) is 7.81. The zero-order chi connectivity index (χ0) is 16.2. The Balaban J connectivity index is 1.65. The van der Waals surface area contributed by atoms with Gasteiger partial charge in [0.1, 0.15) is 5.75 Å². The van der Waals surface area contributed by atoms with Gasteiger partial charge in [0, 0.05) is 12.6 Å². The quantitative estimate of drug-likeness (QED) is 0.673. The third-order valence-corrected chi connectivity index (χ3v) is 4.15. The van der Waals surface area contributed by atoms with Crippen LogP contribution in [0.3, 0.4) is 0 Å². The SMILES string of the molecule is CC(NCc1ccc2ccccc2c1)C(O)c1ccc(O)cc1. The molecular weight excluding hydrogens is 286 g/mol. The van der Waals surface area contributed by atoms with Crippen molar-refractivity contribution in [2.45, 2.75) is 25.6 Å². The highest BCUT2D eigenvalue weighted by atomic mass is 16.3. The molecule has 3 heteroatoms. The number of nitrogens with one attached hydrogen (secondary N) is 1. The van der Waals surface area contributed by atoms with Crippen molar-refractivity contribution in [3.63, 3.8) is 0 Å². The third-order valence-electron chi connectivity index (χ3n) is 4.15. The normalized spacial score (nSPS) is 13.8. The van der Waals surface area contributed by atoms with Crippen molar-refractivity contribution in [3.8, 4) is 5.75 Å². The molecule has 23 heavy (non-hydrogen) atoms. The van der Waals surface area contributed by atoms with Crippen LogP contribution in [-0.2, 0) is 6.54 Å². The Hall–Kier alpha value is -2.36. The van der Waals surface area contributed by atoms with Crippen molar-refractivity contribution in [1.82, 2.24) is 5.32 Å². The topological polar surface area (TPSA) is 52.5 Å². The molecule has 3 aromatic carbocycles. The number of aliphatic hydroxyl groups is 1. The Morgan fingerprint density at radius 1 is 0.913 bits per heavy atom. The van der Waals surface area contributed by atoms with E-state index in [1.54, 1.807) is 24.3 Å². The molecule has 3 rings (SSSR count). The highest BCUT2D eigenvalue weighted by Gasteiger charge is 2.15. The van der Waals surface area contributed by atoms with Gasteiger partial charge in [-0.2, -0.15) is 0 Å². The second-order valence-electron chi connectivity index (χ2n) is 5.89. The van der Waals surface area contributed by atoms with Crippen LogP contribution >= 0.6 is 0 Å². The average molecular weight is 307 g/mol. The fourth-order valence-electron chi connectivity index (χ4n) is 2.70. The fraction of sp³-hybridized carbons (Fsp3) is 0.200. The molecule has 0 heterocycles. The molecule has 0 amide bonds. The summed E-state index contributed by atoms with van der Waals surface area (Å²) in [7, 11) is 0. The van der Waals surface area contributed by atoms with Crippen molar-refractivity contribution in [1.29, 1.82) is 0 Å². The number of aromatic hydroxyl groups is 1. The summed E-state index contributed by atoms with van der Waals surface area (Å²) in [4.78, 5) is 0. The minimum atomic E-state index is -0.615. The number of aliphatic hydroxyl groups excluding tert-OH is 1. The first-order valence-electron chi connectivity index (χ1n) is 7.81. The lowest BCUT2D eigenvalue weighted by molar-refractivity contribution is 0.135. The lowest BCUT2D eigenvalue weighted by atomic mass is 10.0. The van der Waals surface area contributed by atoms with Crippen LogP contribution in [0.25, 0.3) is 10.8 Å². The van der Waals surface area contributed by atoms with E-state index in [-0.39, 0.29) is 11.8 Å². The third kappa shape index (κ3) is 3.70. The Kier molecular flexibility index (Phi) is 4.60. The maximum Gasteiger partial charge on any atom is 0.115 e. The van der Waals surface area contributed by atoms with Gasteiger partial charge in [-0.25, -0.2) is 0 Å². The smallest absolute Gasteiger partial charge is 0.115 e. The molecule has 0 aromatic heterocycles. The monoisotopic (exact) mass is 307 g/mol. The van der Waals surface area contributed by atoms with Crippen LogP contribution in [0.15, 0.2) is 66.7 Å². The van der Waals surface area contributed by atoms with E-state index < -0.39 is 6.10 Å². The largest absolute Gasteiger partial charge is 0.508 e. The van der Waals surface area contributed by atoms with Crippen LogP contribution in [0.5, 0.6) is 5.75 Å². The van der Waals surface area contributed by atoms with Crippen molar-refractivity contribution >= 4 is 10.8 Å². The van der Waals surface area contributed by atoms with Crippen LogP contribution < -0.4 is 5.32 Å². The van der Waals surface area contributed by atoms with Gasteiger partial charge in [-0.15, -0.1) is 0 Å². The maximum atomic E-state index is 10.4. The number of hydrogen-bond donors (Lipinski definition) is 3. The van der Waals surface area contributed by atoms with Crippen molar-refractivity contribution < 1.29 is 10.2 Å². The Morgan fingerprint density at radius 2 is 1.61 bits per heavy atom. The molecule has 3 N–H and O–H groups in total. The number of hydrogen-bond acceptors (Lipinski definition) is 3. The molecule has 0 aliphatic heterocycles. The second kappa shape index (κ2) is 6.82. The van der Waals surface area contributed by atoms with Gasteiger partial charge in [-0.05, 0) is 47.0 Å². The molecule has 2 atom stereocenters. The Bertz CT molecular complexity index is 783.